The van der Waals surface area contributed by atoms with Crippen LogP contribution in [0.15, 0.2) is 30.3 Å². The second-order valence-electron chi connectivity index (χ2n) is 7.33. The molecule has 6 heteroatoms. The van der Waals surface area contributed by atoms with Crippen LogP contribution in [0.4, 0.5) is 0 Å². The van der Waals surface area contributed by atoms with E-state index in [9.17, 15) is 14.7 Å². The smallest absolute Gasteiger partial charge is 0.308 e. The number of nitrogens with one attached hydrogen (secondary N) is 1. The molecular weight excluding hydrogens is 342 g/mol. The lowest BCUT2D eigenvalue weighted by atomic mass is 9.94. The highest BCUT2D eigenvalue weighted by atomic mass is 16.4. The van der Waals surface area contributed by atoms with E-state index in [2.05, 4.69) is 10.4 Å². The summed E-state index contributed by atoms with van der Waals surface area (Å²) in [7, 11) is 0. The van der Waals surface area contributed by atoms with Gasteiger partial charge in [-0.1, -0.05) is 37.5 Å². The predicted octanol–water partition coefficient (Wildman–Crippen LogP) is 3.18. The summed E-state index contributed by atoms with van der Waals surface area (Å²) in [5.41, 5.74) is 3.61. The van der Waals surface area contributed by atoms with E-state index in [1.54, 1.807) is 0 Å². The van der Waals surface area contributed by atoms with Gasteiger partial charge < -0.3 is 10.4 Å². The van der Waals surface area contributed by atoms with Crippen molar-refractivity contribution >= 4 is 11.9 Å². The van der Waals surface area contributed by atoms with E-state index < -0.39 is 11.9 Å². The number of nitrogens with zero attached hydrogens (tertiary/aromatic N) is 2. The molecule has 1 aromatic carbocycles. The van der Waals surface area contributed by atoms with E-state index in [0.717, 1.165) is 48.3 Å². The maximum atomic E-state index is 12.7. The summed E-state index contributed by atoms with van der Waals surface area (Å²) in [5, 5.41) is 17.1. The molecular formula is C21H27N3O3. The zero-order valence-electron chi connectivity index (χ0n) is 15.9. The van der Waals surface area contributed by atoms with Crippen molar-refractivity contribution in [2.45, 2.75) is 58.4 Å². The fraction of sp³-hybridized carbons (Fsp3) is 0.476. The molecule has 1 fully saturated rings. The number of benzene rings is 1. The number of carbonyl (C=O) groups excluding carboxylic acids is 1. The first-order valence-corrected chi connectivity index (χ1v) is 9.60. The number of para-hydroxylation sites is 1. The number of carboxylic acids is 1. The molecule has 0 unspecified atom stereocenters. The Hall–Kier alpha value is -2.63. The summed E-state index contributed by atoms with van der Waals surface area (Å²) in [4.78, 5) is 24.2. The van der Waals surface area contributed by atoms with Crippen molar-refractivity contribution in [3.05, 3.63) is 47.3 Å². The van der Waals surface area contributed by atoms with E-state index in [0.29, 0.717) is 6.42 Å². The molecule has 0 aliphatic heterocycles. The number of aromatic nitrogens is 2. The minimum absolute atomic E-state index is 0.132. The summed E-state index contributed by atoms with van der Waals surface area (Å²) >= 11 is 0. The highest BCUT2D eigenvalue weighted by molar-refractivity contribution is 5.80. The van der Waals surface area contributed by atoms with Gasteiger partial charge in [0.1, 0.15) is 0 Å². The van der Waals surface area contributed by atoms with Crippen LogP contribution in [0.5, 0.6) is 0 Å². The first-order chi connectivity index (χ1) is 13.0. The first kappa shape index (κ1) is 19.1. The fourth-order valence-corrected chi connectivity index (χ4v) is 3.95. The van der Waals surface area contributed by atoms with E-state index in [1.165, 1.54) is 0 Å². The van der Waals surface area contributed by atoms with Crippen molar-refractivity contribution < 1.29 is 14.7 Å². The Balaban J connectivity index is 1.74. The Bertz CT molecular complexity index is 814. The Morgan fingerprint density at radius 1 is 1.15 bits per heavy atom. The van der Waals surface area contributed by atoms with Gasteiger partial charge in [0.2, 0.25) is 5.91 Å². The number of hydrogen-bond donors (Lipinski definition) is 2. The molecule has 1 aliphatic rings. The van der Waals surface area contributed by atoms with E-state index in [4.69, 9.17) is 0 Å². The molecule has 27 heavy (non-hydrogen) atoms. The third-order valence-electron chi connectivity index (χ3n) is 5.46. The van der Waals surface area contributed by atoms with Crippen LogP contribution in [0.3, 0.4) is 0 Å². The molecule has 2 atom stereocenters. The monoisotopic (exact) mass is 369 g/mol. The summed E-state index contributed by atoms with van der Waals surface area (Å²) in [6.07, 6.45) is 4.46. The average Bonchev–Trinajstić information content (AvgIpc) is 2.81. The number of carbonyl (C=O) groups is 2. The normalized spacial score (nSPS) is 20.1. The largest absolute Gasteiger partial charge is 0.481 e. The Labute approximate surface area is 159 Å². The Morgan fingerprint density at radius 2 is 1.85 bits per heavy atom. The van der Waals surface area contributed by atoms with Crippen molar-refractivity contribution in [2.24, 2.45) is 5.92 Å². The first-order valence-electron chi connectivity index (χ1n) is 9.60. The second-order valence-corrected chi connectivity index (χ2v) is 7.33. The maximum Gasteiger partial charge on any atom is 0.308 e. The van der Waals surface area contributed by atoms with Gasteiger partial charge in [0.05, 0.1) is 23.7 Å². The van der Waals surface area contributed by atoms with E-state index >= 15 is 0 Å². The van der Waals surface area contributed by atoms with Gasteiger partial charge in [-0.05, 0) is 38.8 Å². The van der Waals surface area contributed by atoms with Crippen LogP contribution in [0.2, 0.25) is 0 Å². The zero-order chi connectivity index (χ0) is 19.4. The zero-order valence-corrected chi connectivity index (χ0v) is 15.9. The minimum Gasteiger partial charge on any atom is -0.481 e. The van der Waals surface area contributed by atoms with Gasteiger partial charge in [0, 0.05) is 17.3 Å². The maximum absolute atomic E-state index is 12.7. The van der Waals surface area contributed by atoms with Crippen molar-refractivity contribution in [1.29, 1.82) is 0 Å². The standard InChI is InChI=1S/C21H27N3O3/c1-14-18(15(2)24(23-14)16-9-5-3-6-10-16)13-20(25)22-19-12-8-4-7-11-17(19)21(26)27/h3,5-6,9-10,17,19H,4,7-8,11-13H2,1-2H3,(H,22,25)(H,26,27)/t17-,19+/m1/s1. The third-order valence-corrected chi connectivity index (χ3v) is 5.46. The van der Waals surface area contributed by atoms with Crippen molar-refractivity contribution in [3.63, 3.8) is 0 Å². The average molecular weight is 369 g/mol. The van der Waals surface area contributed by atoms with Crippen LogP contribution in [-0.4, -0.2) is 32.8 Å². The van der Waals surface area contributed by atoms with Crippen LogP contribution in [0.1, 0.15) is 49.1 Å². The molecule has 0 spiro atoms. The molecule has 2 aromatic rings. The van der Waals surface area contributed by atoms with E-state index in [-0.39, 0.29) is 18.4 Å². The fourth-order valence-electron chi connectivity index (χ4n) is 3.95. The molecule has 0 bridgehead atoms. The lowest BCUT2D eigenvalue weighted by molar-refractivity contribution is -0.143. The summed E-state index contributed by atoms with van der Waals surface area (Å²) in [5.74, 6) is -1.44. The highest BCUT2D eigenvalue weighted by Crippen LogP contribution is 2.24. The van der Waals surface area contributed by atoms with Crippen molar-refractivity contribution in [2.75, 3.05) is 0 Å². The predicted molar refractivity (Wildman–Crippen MR) is 103 cm³/mol. The molecule has 1 amide bonds. The molecule has 3 rings (SSSR count). The molecule has 6 nitrogen and oxygen atoms in total. The SMILES string of the molecule is Cc1nn(-c2ccccc2)c(C)c1CC(=O)N[C@H]1CCCCC[C@H]1C(=O)O. The van der Waals surface area contributed by atoms with Crippen LogP contribution in [0.25, 0.3) is 5.69 Å². The third kappa shape index (κ3) is 4.38. The van der Waals surface area contributed by atoms with Gasteiger partial charge in [-0.2, -0.15) is 5.10 Å². The molecule has 1 heterocycles. The van der Waals surface area contributed by atoms with Gasteiger partial charge in [0.25, 0.3) is 0 Å². The van der Waals surface area contributed by atoms with Crippen molar-refractivity contribution in [3.8, 4) is 5.69 Å². The van der Waals surface area contributed by atoms with Gasteiger partial charge in [-0.3, -0.25) is 9.59 Å². The number of hydrogen-bond acceptors (Lipinski definition) is 3. The number of rotatable bonds is 5. The Kier molecular flexibility index (Phi) is 5.94. The molecule has 1 saturated carbocycles. The molecule has 0 saturated heterocycles. The van der Waals surface area contributed by atoms with E-state index in [1.807, 2.05) is 48.9 Å². The number of aryl methyl sites for hydroxylation is 1. The molecule has 1 aromatic heterocycles. The summed E-state index contributed by atoms with van der Waals surface area (Å²) in [6, 6.07) is 9.53. The molecule has 1 aliphatic carbocycles. The Morgan fingerprint density at radius 3 is 2.56 bits per heavy atom. The summed E-state index contributed by atoms with van der Waals surface area (Å²) in [6.45, 7) is 3.86. The van der Waals surface area contributed by atoms with Gasteiger partial charge >= 0.3 is 5.97 Å². The van der Waals surface area contributed by atoms with Crippen LogP contribution in [-0.2, 0) is 16.0 Å². The second kappa shape index (κ2) is 8.37. The number of aliphatic carboxylic acids is 1. The quantitative estimate of drug-likeness (QED) is 0.793. The number of carboxylic acid groups (broad SMARTS) is 1. The lowest BCUT2D eigenvalue weighted by Crippen LogP contribution is -2.43. The molecule has 0 radical (unpaired) electrons. The van der Waals surface area contributed by atoms with Crippen LogP contribution < -0.4 is 5.32 Å². The molecule has 2 N–H and O–H groups in total. The van der Waals surface area contributed by atoms with Crippen LogP contribution in [0, 0.1) is 19.8 Å². The van der Waals surface area contributed by atoms with Gasteiger partial charge in [-0.15, -0.1) is 0 Å². The summed E-state index contributed by atoms with van der Waals surface area (Å²) < 4.78 is 1.85. The van der Waals surface area contributed by atoms with Gasteiger partial charge in [0.15, 0.2) is 0 Å². The highest BCUT2D eigenvalue weighted by Gasteiger charge is 2.30. The lowest BCUT2D eigenvalue weighted by Gasteiger charge is -2.23. The van der Waals surface area contributed by atoms with Gasteiger partial charge in [-0.25, -0.2) is 4.68 Å². The number of amides is 1. The van der Waals surface area contributed by atoms with Crippen molar-refractivity contribution in [1.82, 2.24) is 15.1 Å². The minimum atomic E-state index is -0.813. The molecule has 144 valence electrons. The van der Waals surface area contributed by atoms with Crippen LogP contribution >= 0.6 is 0 Å². The topological polar surface area (TPSA) is 84.2 Å².